The largest absolute Gasteiger partial charge is 0.495 e. The van der Waals surface area contributed by atoms with E-state index < -0.39 is 17.8 Å². The number of ether oxygens (including phenoxy) is 4. The normalized spacial score (nSPS) is 14.3. The van der Waals surface area contributed by atoms with Crippen molar-refractivity contribution in [3.63, 3.8) is 0 Å². The average molecular weight is 616 g/mol. The summed E-state index contributed by atoms with van der Waals surface area (Å²) in [6.45, 7) is 2.52. The van der Waals surface area contributed by atoms with Crippen molar-refractivity contribution in [1.82, 2.24) is 5.32 Å². The molecule has 0 bridgehead atoms. The monoisotopic (exact) mass is 614 g/mol. The van der Waals surface area contributed by atoms with E-state index in [1.54, 1.807) is 18.2 Å². The number of imide groups is 2. The molecule has 39 heavy (non-hydrogen) atoms. The summed E-state index contributed by atoms with van der Waals surface area (Å²) in [5, 5.41) is 2.42. The Bertz CT molecular complexity index is 1460. The molecule has 1 saturated heterocycles. The van der Waals surface area contributed by atoms with Crippen LogP contribution in [0.3, 0.4) is 0 Å². The Labute approximate surface area is 238 Å². The van der Waals surface area contributed by atoms with Gasteiger partial charge in [0.15, 0.2) is 11.5 Å². The Morgan fingerprint density at radius 1 is 0.897 bits per heavy atom. The standard InChI is InChI=1S/C28H24BrClN2O7/c1-4-38-25-12-17(7-10-22(25)39-15-16-5-8-18(29)9-6-16)11-19-26(33)31-28(35)32(27(19)34)21-14-23(36-2)20(30)13-24(21)37-3/h5-14H,4,15H2,1-3H3,(H,31,33,35)/b19-11+. The number of barbiturate groups is 1. The zero-order valence-corrected chi connectivity index (χ0v) is 23.6. The van der Waals surface area contributed by atoms with Crippen molar-refractivity contribution in [1.29, 1.82) is 0 Å². The quantitative estimate of drug-likeness (QED) is 0.241. The van der Waals surface area contributed by atoms with E-state index in [9.17, 15) is 14.4 Å². The minimum Gasteiger partial charge on any atom is -0.495 e. The minimum absolute atomic E-state index is 0.0614. The molecule has 1 aliphatic rings. The molecular formula is C28H24BrClN2O7. The number of carbonyl (C=O) groups excluding carboxylic acids is 3. The second-order valence-corrected chi connectivity index (χ2v) is 9.49. The third kappa shape index (κ3) is 6.18. The van der Waals surface area contributed by atoms with Crippen LogP contribution < -0.4 is 29.2 Å². The predicted molar refractivity (Wildman–Crippen MR) is 150 cm³/mol. The minimum atomic E-state index is -0.934. The van der Waals surface area contributed by atoms with Crippen LogP contribution in [0.4, 0.5) is 10.5 Å². The van der Waals surface area contributed by atoms with Crippen molar-refractivity contribution in [3.05, 3.63) is 80.8 Å². The van der Waals surface area contributed by atoms with Crippen molar-refractivity contribution >= 4 is 57.1 Å². The highest BCUT2D eigenvalue weighted by Crippen LogP contribution is 2.39. The lowest BCUT2D eigenvalue weighted by molar-refractivity contribution is -0.122. The van der Waals surface area contributed by atoms with Gasteiger partial charge in [-0.2, -0.15) is 0 Å². The molecule has 0 atom stereocenters. The van der Waals surface area contributed by atoms with Crippen molar-refractivity contribution < 1.29 is 33.3 Å². The summed E-state index contributed by atoms with van der Waals surface area (Å²) in [5.41, 5.74) is 1.25. The molecule has 202 valence electrons. The van der Waals surface area contributed by atoms with Gasteiger partial charge in [0.1, 0.15) is 23.7 Å². The first-order valence-corrected chi connectivity index (χ1v) is 12.9. The number of benzene rings is 3. The van der Waals surface area contributed by atoms with E-state index in [0.29, 0.717) is 30.3 Å². The molecule has 4 rings (SSSR count). The lowest BCUT2D eigenvalue weighted by Gasteiger charge is -2.28. The zero-order valence-electron chi connectivity index (χ0n) is 21.2. The molecule has 0 aromatic heterocycles. The summed E-state index contributed by atoms with van der Waals surface area (Å²) in [5.74, 6) is -0.394. The Morgan fingerprint density at radius 2 is 1.62 bits per heavy atom. The smallest absolute Gasteiger partial charge is 0.336 e. The number of anilines is 1. The van der Waals surface area contributed by atoms with Gasteiger partial charge in [0.05, 0.1) is 31.5 Å². The van der Waals surface area contributed by atoms with Gasteiger partial charge in [0.2, 0.25) is 0 Å². The third-order valence-corrected chi connectivity index (χ3v) is 6.51. The van der Waals surface area contributed by atoms with Crippen LogP contribution in [0, 0.1) is 0 Å². The second kappa shape index (κ2) is 12.2. The van der Waals surface area contributed by atoms with E-state index in [1.807, 2.05) is 31.2 Å². The van der Waals surface area contributed by atoms with Crippen LogP contribution in [0.5, 0.6) is 23.0 Å². The van der Waals surface area contributed by atoms with Crippen LogP contribution in [0.15, 0.2) is 64.6 Å². The van der Waals surface area contributed by atoms with Crippen LogP contribution >= 0.6 is 27.5 Å². The topological polar surface area (TPSA) is 103 Å². The first-order valence-electron chi connectivity index (χ1n) is 11.7. The Morgan fingerprint density at radius 3 is 2.28 bits per heavy atom. The number of nitrogens with zero attached hydrogens (tertiary/aromatic N) is 1. The van der Waals surface area contributed by atoms with Gasteiger partial charge in [-0.3, -0.25) is 14.9 Å². The second-order valence-electron chi connectivity index (χ2n) is 8.17. The van der Waals surface area contributed by atoms with Crippen LogP contribution in [0.2, 0.25) is 5.02 Å². The lowest BCUT2D eigenvalue weighted by atomic mass is 10.1. The molecule has 3 aromatic rings. The van der Waals surface area contributed by atoms with Gasteiger partial charge in [0.25, 0.3) is 11.8 Å². The van der Waals surface area contributed by atoms with Gasteiger partial charge < -0.3 is 18.9 Å². The summed E-state index contributed by atoms with van der Waals surface area (Å²) in [4.78, 5) is 39.7. The van der Waals surface area contributed by atoms with Crippen molar-refractivity contribution in [2.45, 2.75) is 13.5 Å². The summed E-state index contributed by atoms with van der Waals surface area (Å²) in [6.07, 6.45) is 1.37. The fourth-order valence-electron chi connectivity index (χ4n) is 3.81. The van der Waals surface area contributed by atoms with Crippen molar-refractivity contribution in [3.8, 4) is 23.0 Å². The van der Waals surface area contributed by atoms with E-state index in [0.717, 1.165) is 14.9 Å². The van der Waals surface area contributed by atoms with Crippen molar-refractivity contribution in [2.24, 2.45) is 0 Å². The fourth-order valence-corrected chi connectivity index (χ4v) is 4.30. The van der Waals surface area contributed by atoms with Gasteiger partial charge in [-0.05, 0) is 48.4 Å². The number of rotatable bonds is 9. The molecule has 0 spiro atoms. The number of hydrogen-bond acceptors (Lipinski definition) is 7. The Hall–Kier alpha value is -4.02. The van der Waals surface area contributed by atoms with E-state index in [2.05, 4.69) is 21.2 Å². The van der Waals surface area contributed by atoms with E-state index in [-0.39, 0.29) is 27.8 Å². The van der Waals surface area contributed by atoms with Gasteiger partial charge >= 0.3 is 6.03 Å². The highest BCUT2D eigenvalue weighted by atomic mass is 79.9. The van der Waals surface area contributed by atoms with Gasteiger partial charge in [0, 0.05) is 16.6 Å². The highest BCUT2D eigenvalue weighted by Gasteiger charge is 2.38. The predicted octanol–water partition coefficient (Wildman–Crippen LogP) is 5.76. The molecule has 4 amide bonds. The third-order valence-electron chi connectivity index (χ3n) is 5.68. The van der Waals surface area contributed by atoms with Crippen molar-refractivity contribution in [2.75, 3.05) is 25.7 Å². The molecule has 0 unspecified atom stereocenters. The maximum atomic E-state index is 13.5. The molecule has 0 aliphatic carbocycles. The molecule has 1 N–H and O–H groups in total. The van der Waals surface area contributed by atoms with Gasteiger partial charge in [-0.1, -0.05) is 45.7 Å². The molecule has 1 aliphatic heterocycles. The summed E-state index contributed by atoms with van der Waals surface area (Å²) < 4.78 is 23.2. The molecule has 11 heteroatoms. The first-order chi connectivity index (χ1) is 18.7. The van der Waals surface area contributed by atoms with Gasteiger partial charge in [-0.15, -0.1) is 0 Å². The van der Waals surface area contributed by atoms with E-state index >= 15 is 0 Å². The van der Waals surface area contributed by atoms with E-state index in [4.69, 9.17) is 30.5 Å². The molecule has 1 heterocycles. The molecule has 0 radical (unpaired) electrons. The van der Waals surface area contributed by atoms with Crippen LogP contribution in [-0.2, 0) is 16.2 Å². The lowest BCUT2D eigenvalue weighted by Crippen LogP contribution is -2.54. The number of amides is 4. The molecular weight excluding hydrogens is 592 g/mol. The average Bonchev–Trinajstić information content (AvgIpc) is 2.92. The molecule has 3 aromatic carbocycles. The summed E-state index contributed by atoms with van der Waals surface area (Å²) in [7, 11) is 2.76. The molecule has 1 fully saturated rings. The number of nitrogens with one attached hydrogen (secondary N) is 1. The number of hydrogen-bond donors (Lipinski definition) is 1. The Kier molecular flexibility index (Phi) is 8.78. The maximum absolute atomic E-state index is 13.5. The van der Waals surface area contributed by atoms with Crippen LogP contribution in [0.1, 0.15) is 18.1 Å². The highest BCUT2D eigenvalue weighted by molar-refractivity contribution is 9.10. The summed E-state index contributed by atoms with van der Waals surface area (Å²) >= 11 is 9.58. The summed E-state index contributed by atoms with van der Waals surface area (Å²) in [6, 6.07) is 14.6. The van der Waals surface area contributed by atoms with Gasteiger partial charge in [-0.25, -0.2) is 9.69 Å². The van der Waals surface area contributed by atoms with Crippen LogP contribution in [0.25, 0.3) is 6.08 Å². The van der Waals surface area contributed by atoms with E-state index in [1.165, 1.54) is 32.4 Å². The molecule has 9 nitrogen and oxygen atoms in total. The number of methoxy groups -OCH3 is 2. The SMILES string of the molecule is CCOc1cc(/C=C2\C(=O)NC(=O)N(c3cc(OC)c(Cl)cc3OC)C2=O)ccc1OCc1ccc(Br)cc1. The number of halogens is 2. The maximum Gasteiger partial charge on any atom is 0.336 e. The first kappa shape index (κ1) is 28.0. The Balaban J connectivity index is 1.66. The number of carbonyl (C=O) groups is 3. The fraction of sp³-hybridized carbons (Fsp3) is 0.179. The zero-order chi connectivity index (χ0) is 28.1. The number of urea groups is 1. The molecule has 0 saturated carbocycles. The van der Waals surface area contributed by atoms with Crippen LogP contribution in [-0.4, -0.2) is 38.7 Å².